The molecule has 1 aliphatic rings. The van der Waals surface area contributed by atoms with Gasteiger partial charge in [-0.05, 0) is 63.3 Å². The number of hydrogen-bond donors (Lipinski definition) is 2. The van der Waals surface area contributed by atoms with Crippen LogP contribution in [0, 0.1) is 5.92 Å². The first-order valence-corrected chi connectivity index (χ1v) is 11.0. The Bertz CT molecular complexity index is 698. The monoisotopic (exact) mass is 444 g/mol. The number of benzene rings is 1. The Kier molecular flexibility index (Phi) is 10.2. The Hall–Kier alpha value is -2.16. The van der Waals surface area contributed by atoms with Crippen molar-refractivity contribution >= 4 is 5.96 Å². The molecular formula is C22H35F3N4O2. The van der Waals surface area contributed by atoms with Gasteiger partial charge in [-0.1, -0.05) is 6.07 Å². The molecule has 31 heavy (non-hydrogen) atoms. The zero-order valence-corrected chi connectivity index (χ0v) is 18.7. The Morgan fingerprint density at radius 1 is 1.23 bits per heavy atom. The summed E-state index contributed by atoms with van der Waals surface area (Å²) in [4.78, 5) is 6.05. The van der Waals surface area contributed by atoms with E-state index in [0.29, 0.717) is 32.2 Å². The van der Waals surface area contributed by atoms with Gasteiger partial charge in [0, 0.05) is 26.2 Å². The molecule has 1 aliphatic heterocycles. The predicted octanol–water partition coefficient (Wildman–Crippen LogP) is 3.47. The van der Waals surface area contributed by atoms with Gasteiger partial charge in [-0.3, -0.25) is 9.89 Å². The SMILES string of the molecule is CCNC(=NCC1CCN(CC(F)(F)F)C1)NCCCc1ccc(OC)c(OCC)c1. The molecule has 1 atom stereocenters. The molecule has 1 heterocycles. The van der Waals surface area contributed by atoms with E-state index in [9.17, 15) is 13.2 Å². The second-order valence-electron chi connectivity index (χ2n) is 7.67. The van der Waals surface area contributed by atoms with Gasteiger partial charge in [0.05, 0.1) is 20.3 Å². The molecule has 0 saturated carbocycles. The van der Waals surface area contributed by atoms with E-state index in [4.69, 9.17) is 9.47 Å². The second kappa shape index (κ2) is 12.6. The highest BCUT2D eigenvalue weighted by molar-refractivity contribution is 5.79. The summed E-state index contributed by atoms with van der Waals surface area (Å²) in [7, 11) is 1.63. The van der Waals surface area contributed by atoms with E-state index >= 15 is 0 Å². The molecular weight excluding hydrogens is 409 g/mol. The number of aliphatic imine (C=N–C) groups is 1. The molecule has 0 bridgehead atoms. The molecule has 1 fully saturated rings. The largest absolute Gasteiger partial charge is 0.493 e. The van der Waals surface area contributed by atoms with Gasteiger partial charge in [0.25, 0.3) is 0 Å². The molecule has 0 radical (unpaired) electrons. The summed E-state index contributed by atoms with van der Waals surface area (Å²) in [5.74, 6) is 2.35. The Morgan fingerprint density at radius 3 is 2.71 bits per heavy atom. The Morgan fingerprint density at radius 2 is 2.03 bits per heavy atom. The lowest BCUT2D eigenvalue weighted by Crippen LogP contribution is -2.38. The highest BCUT2D eigenvalue weighted by atomic mass is 19.4. The molecule has 1 unspecified atom stereocenters. The number of nitrogens with one attached hydrogen (secondary N) is 2. The number of guanidine groups is 1. The van der Waals surface area contributed by atoms with Crippen LogP contribution in [0.5, 0.6) is 11.5 Å². The first-order chi connectivity index (χ1) is 14.8. The Labute approximate surface area is 183 Å². The van der Waals surface area contributed by atoms with E-state index in [-0.39, 0.29) is 5.92 Å². The molecule has 0 aliphatic carbocycles. The third kappa shape index (κ3) is 9.25. The van der Waals surface area contributed by atoms with Crippen molar-refractivity contribution in [2.75, 3.05) is 53.0 Å². The van der Waals surface area contributed by atoms with Gasteiger partial charge in [-0.25, -0.2) is 0 Å². The fourth-order valence-corrected chi connectivity index (χ4v) is 3.67. The quantitative estimate of drug-likeness (QED) is 0.311. The van der Waals surface area contributed by atoms with Crippen LogP contribution in [0.15, 0.2) is 23.2 Å². The molecule has 0 aromatic heterocycles. The number of nitrogens with zero attached hydrogens (tertiary/aromatic N) is 2. The maximum atomic E-state index is 12.5. The summed E-state index contributed by atoms with van der Waals surface area (Å²) in [5, 5.41) is 6.52. The molecule has 9 heteroatoms. The first-order valence-electron chi connectivity index (χ1n) is 11.0. The summed E-state index contributed by atoms with van der Waals surface area (Å²) < 4.78 is 48.6. The molecule has 1 aromatic carbocycles. The van der Waals surface area contributed by atoms with Crippen molar-refractivity contribution in [2.24, 2.45) is 10.9 Å². The topological polar surface area (TPSA) is 58.1 Å². The Balaban J connectivity index is 1.77. The molecule has 6 nitrogen and oxygen atoms in total. The summed E-state index contributed by atoms with van der Waals surface area (Å²) in [6.45, 7) is 6.61. The van der Waals surface area contributed by atoms with Crippen molar-refractivity contribution in [3.63, 3.8) is 0 Å². The van der Waals surface area contributed by atoms with Crippen LogP contribution in [0.2, 0.25) is 0 Å². The highest BCUT2D eigenvalue weighted by Gasteiger charge is 2.34. The number of alkyl halides is 3. The number of hydrogen-bond acceptors (Lipinski definition) is 4. The van der Waals surface area contributed by atoms with Crippen molar-refractivity contribution in [1.29, 1.82) is 0 Å². The predicted molar refractivity (Wildman–Crippen MR) is 117 cm³/mol. The van der Waals surface area contributed by atoms with E-state index in [0.717, 1.165) is 43.9 Å². The van der Waals surface area contributed by atoms with E-state index in [2.05, 4.69) is 15.6 Å². The summed E-state index contributed by atoms with van der Waals surface area (Å²) in [6, 6.07) is 5.96. The summed E-state index contributed by atoms with van der Waals surface area (Å²) in [5.41, 5.74) is 1.17. The maximum absolute atomic E-state index is 12.5. The zero-order chi connectivity index (χ0) is 22.7. The summed E-state index contributed by atoms with van der Waals surface area (Å²) in [6.07, 6.45) is -1.60. The fourth-order valence-electron chi connectivity index (χ4n) is 3.67. The number of likely N-dealkylation sites (tertiary alicyclic amines) is 1. The van der Waals surface area contributed by atoms with Crippen LogP contribution in [0.4, 0.5) is 13.2 Å². The van der Waals surface area contributed by atoms with Crippen LogP contribution < -0.4 is 20.1 Å². The minimum Gasteiger partial charge on any atom is -0.493 e. The van der Waals surface area contributed by atoms with E-state index in [1.54, 1.807) is 7.11 Å². The molecule has 2 N–H and O–H groups in total. The van der Waals surface area contributed by atoms with Gasteiger partial charge in [0.1, 0.15) is 0 Å². The molecule has 0 spiro atoms. The zero-order valence-electron chi connectivity index (χ0n) is 18.7. The smallest absolute Gasteiger partial charge is 0.401 e. The average molecular weight is 445 g/mol. The molecule has 1 aromatic rings. The van der Waals surface area contributed by atoms with Crippen molar-refractivity contribution in [3.8, 4) is 11.5 Å². The van der Waals surface area contributed by atoms with E-state index in [1.165, 1.54) is 10.5 Å². The lowest BCUT2D eigenvalue weighted by Gasteiger charge is -2.17. The van der Waals surface area contributed by atoms with Crippen LogP contribution in [0.1, 0.15) is 32.3 Å². The molecule has 176 valence electrons. The number of rotatable bonds is 11. The van der Waals surface area contributed by atoms with Crippen LogP contribution in [0.25, 0.3) is 0 Å². The van der Waals surface area contributed by atoms with Gasteiger partial charge in [-0.15, -0.1) is 0 Å². The molecule has 0 amide bonds. The number of aryl methyl sites for hydroxylation is 1. The molecule has 1 saturated heterocycles. The van der Waals surface area contributed by atoms with Gasteiger partial charge in [0.15, 0.2) is 17.5 Å². The highest BCUT2D eigenvalue weighted by Crippen LogP contribution is 2.28. The van der Waals surface area contributed by atoms with Crippen molar-refractivity contribution < 1.29 is 22.6 Å². The van der Waals surface area contributed by atoms with Crippen LogP contribution in [-0.2, 0) is 6.42 Å². The van der Waals surface area contributed by atoms with Crippen LogP contribution in [0.3, 0.4) is 0 Å². The van der Waals surface area contributed by atoms with E-state index < -0.39 is 12.7 Å². The van der Waals surface area contributed by atoms with Gasteiger partial charge in [0.2, 0.25) is 0 Å². The van der Waals surface area contributed by atoms with Crippen molar-refractivity contribution in [2.45, 2.75) is 39.3 Å². The lowest BCUT2D eigenvalue weighted by atomic mass is 10.1. The minimum atomic E-state index is -4.14. The van der Waals surface area contributed by atoms with Crippen molar-refractivity contribution in [3.05, 3.63) is 23.8 Å². The first kappa shape index (κ1) is 25.1. The van der Waals surface area contributed by atoms with E-state index in [1.807, 2.05) is 32.0 Å². The van der Waals surface area contributed by atoms with Crippen LogP contribution in [-0.4, -0.2) is 70.0 Å². The average Bonchev–Trinajstić information content (AvgIpc) is 3.15. The van der Waals surface area contributed by atoms with Gasteiger partial charge < -0.3 is 20.1 Å². The lowest BCUT2D eigenvalue weighted by molar-refractivity contribution is -0.143. The molecule has 2 rings (SSSR count). The standard InChI is InChI=1S/C22H35F3N4O2/c1-4-26-21(28-14-18-10-12-29(15-18)16-22(23,24)25)27-11-6-7-17-8-9-19(30-3)20(13-17)31-5-2/h8-9,13,18H,4-7,10-12,14-16H2,1-3H3,(H2,26,27,28). The maximum Gasteiger partial charge on any atom is 0.401 e. The number of halogens is 3. The second-order valence-corrected chi connectivity index (χ2v) is 7.67. The van der Waals surface area contributed by atoms with Gasteiger partial charge >= 0.3 is 6.18 Å². The minimum absolute atomic E-state index is 0.161. The summed E-state index contributed by atoms with van der Waals surface area (Å²) >= 11 is 0. The fraction of sp³-hybridized carbons (Fsp3) is 0.682. The normalized spacial score (nSPS) is 17.6. The van der Waals surface area contributed by atoms with Crippen LogP contribution >= 0.6 is 0 Å². The third-order valence-electron chi connectivity index (χ3n) is 5.09. The van der Waals surface area contributed by atoms with Gasteiger partial charge in [-0.2, -0.15) is 13.2 Å². The third-order valence-corrected chi connectivity index (χ3v) is 5.09. The van der Waals surface area contributed by atoms with Crippen molar-refractivity contribution in [1.82, 2.24) is 15.5 Å². The number of methoxy groups -OCH3 is 1. The number of ether oxygens (including phenoxy) is 2.